The van der Waals surface area contributed by atoms with Crippen LogP contribution in [-0.2, 0) is 6.42 Å². The molecule has 0 saturated carbocycles. The van der Waals surface area contributed by atoms with E-state index in [1.807, 2.05) is 18.2 Å². The molecule has 38 heavy (non-hydrogen) atoms. The van der Waals surface area contributed by atoms with Gasteiger partial charge in [0.15, 0.2) is 0 Å². The number of hydrogen-bond donors (Lipinski definition) is 0. The molecule has 0 amide bonds. The van der Waals surface area contributed by atoms with Crippen molar-refractivity contribution in [2.75, 3.05) is 0 Å². The van der Waals surface area contributed by atoms with Gasteiger partial charge in [-0.1, -0.05) is 127 Å². The van der Waals surface area contributed by atoms with Crippen molar-refractivity contribution in [2.24, 2.45) is 0 Å². The fourth-order valence-corrected chi connectivity index (χ4v) is 6.54. The molecule has 0 heterocycles. The van der Waals surface area contributed by atoms with Gasteiger partial charge in [-0.3, -0.25) is 0 Å². The SMILES string of the molecule is [2H]C([2H])([2H])c1cccc(-c2cccc3c2Cc2c(-c4ccc5c6ccccc6c6ccccc6c5c4)cccc2-3)c1. The van der Waals surface area contributed by atoms with Crippen LogP contribution < -0.4 is 0 Å². The van der Waals surface area contributed by atoms with Crippen LogP contribution in [0.25, 0.3) is 65.7 Å². The van der Waals surface area contributed by atoms with E-state index in [2.05, 4.69) is 103 Å². The Morgan fingerprint density at radius 1 is 0.421 bits per heavy atom. The highest BCUT2D eigenvalue weighted by Crippen LogP contribution is 2.46. The first-order valence-corrected chi connectivity index (χ1v) is 13.2. The van der Waals surface area contributed by atoms with Crippen LogP contribution in [0.1, 0.15) is 20.8 Å². The lowest BCUT2D eigenvalue weighted by molar-refractivity contribution is 1.26. The zero-order chi connectivity index (χ0) is 27.7. The Bertz CT molecular complexity index is 2130. The first-order chi connectivity index (χ1) is 20.0. The molecule has 1 aliphatic rings. The number of benzene rings is 7. The Kier molecular flexibility index (Phi) is 3.98. The molecule has 0 unspecified atom stereocenters. The maximum absolute atomic E-state index is 7.90. The van der Waals surface area contributed by atoms with Crippen molar-refractivity contribution >= 4 is 32.3 Å². The second-order valence-corrected chi connectivity index (χ2v) is 10.3. The summed E-state index contributed by atoms with van der Waals surface area (Å²) in [6.45, 7) is -2.13. The van der Waals surface area contributed by atoms with E-state index < -0.39 is 6.85 Å². The number of aryl methyl sites for hydroxylation is 1. The van der Waals surface area contributed by atoms with Crippen LogP contribution in [0.3, 0.4) is 0 Å². The lowest BCUT2D eigenvalue weighted by Gasteiger charge is -2.14. The molecule has 0 radical (unpaired) electrons. The van der Waals surface area contributed by atoms with Gasteiger partial charge in [-0.25, -0.2) is 0 Å². The van der Waals surface area contributed by atoms with Gasteiger partial charge in [0.1, 0.15) is 0 Å². The molecule has 7 aromatic carbocycles. The number of hydrogen-bond acceptors (Lipinski definition) is 0. The van der Waals surface area contributed by atoms with Gasteiger partial charge in [0.05, 0.1) is 0 Å². The lowest BCUT2D eigenvalue weighted by atomic mass is 9.90. The van der Waals surface area contributed by atoms with E-state index in [4.69, 9.17) is 4.11 Å². The van der Waals surface area contributed by atoms with Crippen molar-refractivity contribution < 1.29 is 4.11 Å². The van der Waals surface area contributed by atoms with Crippen LogP contribution in [0.5, 0.6) is 0 Å². The molecule has 0 aromatic heterocycles. The molecule has 0 aliphatic heterocycles. The van der Waals surface area contributed by atoms with E-state index in [9.17, 15) is 0 Å². The first kappa shape index (κ1) is 18.5. The van der Waals surface area contributed by atoms with Gasteiger partial charge in [0.25, 0.3) is 0 Å². The van der Waals surface area contributed by atoms with Crippen molar-refractivity contribution in [3.63, 3.8) is 0 Å². The second-order valence-electron chi connectivity index (χ2n) is 10.3. The Hall–Kier alpha value is -4.68. The summed E-state index contributed by atoms with van der Waals surface area (Å²) in [7, 11) is 0. The Balaban J connectivity index is 1.30. The van der Waals surface area contributed by atoms with Gasteiger partial charge in [0, 0.05) is 4.11 Å². The zero-order valence-corrected chi connectivity index (χ0v) is 20.8. The smallest absolute Gasteiger partial charge is 0.0280 e. The normalized spacial score (nSPS) is 13.7. The topological polar surface area (TPSA) is 0 Å². The molecule has 0 atom stereocenters. The van der Waals surface area contributed by atoms with Crippen LogP contribution in [0.2, 0.25) is 0 Å². The average molecular weight is 486 g/mol. The summed E-state index contributed by atoms with van der Waals surface area (Å²) in [6.07, 6.45) is 0.811. The summed E-state index contributed by atoms with van der Waals surface area (Å²) in [5, 5.41) is 7.66. The molecule has 178 valence electrons. The summed E-state index contributed by atoms with van der Waals surface area (Å²) in [5.74, 6) is 0. The van der Waals surface area contributed by atoms with Gasteiger partial charge >= 0.3 is 0 Å². The van der Waals surface area contributed by atoms with E-state index in [0.717, 1.165) is 17.5 Å². The molecular formula is C38H26. The molecular weight excluding hydrogens is 456 g/mol. The molecule has 0 heteroatoms. The first-order valence-electron chi connectivity index (χ1n) is 14.7. The fourth-order valence-electron chi connectivity index (χ4n) is 6.54. The molecule has 7 aromatic rings. The molecule has 0 saturated heterocycles. The largest absolute Gasteiger partial charge is 0.0616 e. The minimum atomic E-state index is -2.13. The van der Waals surface area contributed by atoms with E-state index in [1.165, 1.54) is 65.7 Å². The third kappa shape index (κ3) is 3.10. The molecule has 1 aliphatic carbocycles. The summed E-state index contributed by atoms with van der Waals surface area (Å²) in [4.78, 5) is 0. The summed E-state index contributed by atoms with van der Waals surface area (Å²) >= 11 is 0. The highest BCUT2D eigenvalue weighted by atomic mass is 14.3. The quantitative estimate of drug-likeness (QED) is 0.214. The van der Waals surface area contributed by atoms with Crippen molar-refractivity contribution in [3.8, 4) is 33.4 Å². The molecule has 0 N–H and O–H groups in total. The standard InChI is InChI=1S/C38H26/c1-24-9-6-10-25(21-24)27-15-7-17-33-34-18-8-16-28(38(34)23-37(27)33)26-19-20-35-31-13-3-2-11-29(31)30-12-4-5-14-32(30)36(35)22-26/h2-22H,23H2,1H3/i1D3. The number of rotatable bonds is 2. The van der Waals surface area contributed by atoms with Crippen molar-refractivity contribution in [2.45, 2.75) is 13.3 Å². The van der Waals surface area contributed by atoms with Gasteiger partial charge in [-0.2, -0.15) is 0 Å². The van der Waals surface area contributed by atoms with Crippen molar-refractivity contribution in [1.82, 2.24) is 0 Å². The van der Waals surface area contributed by atoms with Gasteiger partial charge in [-0.05, 0) is 96.2 Å². The van der Waals surface area contributed by atoms with Crippen LogP contribution in [0.4, 0.5) is 0 Å². The van der Waals surface area contributed by atoms with Gasteiger partial charge in [0.2, 0.25) is 0 Å². The van der Waals surface area contributed by atoms with Gasteiger partial charge in [-0.15, -0.1) is 0 Å². The summed E-state index contributed by atoms with van der Waals surface area (Å²) in [5.41, 5.74) is 9.97. The van der Waals surface area contributed by atoms with E-state index in [-0.39, 0.29) is 0 Å². The molecule has 0 bridgehead atoms. The maximum atomic E-state index is 7.90. The Labute approximate surface area is 227 Å². The molecule has 8 rings (SSSR count). The minimum absolute atomic E-state index is 0.375. The number of fused-ring (bicyclic) bond motifs is 9. The van der Waals surface area contributed by atoms with E-state index >= 15 is 0 Å². The lowest BCUT2D eigenvalue weighted by Crippen LogP contribution is -1.91. The van der Waals surface area contributed by atoms with Crippen LogP contribution in [0.15, 0.2) is 127 Å². The molecule has 0 fully saturated rings. The fraction of sp³-hybridized carbons (Fsp3) is 0.0526. The Morgan fingerprint density at radius 3 is 1.53 bits per heavy atom. The van der Waals surface area contributed by atoms with Crippen molar-refractivity contribution in [3.05, 3.63) is 144 Å². The van der Waals surface area contributed by atoms with E-state index in [0.29, 0.717) is 5.56 Å². The van der Waals surface area contributed by atoms with Crippen LogP contribution in [-0.4, -0.2) is 0 Å². The monoisotopic (exact) mass is 485 g/mol. The highest BCUT2D eigenvalue weighted by Gasteiger charge is 2.24. The molecule has 0 nitrogen and oxygen atoms in total. The average Bonchev–Trinajstić information content (AvgIpc) is 3.40. The minimum Gasteiger partial charge on any atom is -0.0616 e. The van der Waals surface area contributed by atoms with Crippen molar-refractivity contribution in [1.29, 1.82) is 0 Å². The van der Waals surface area contributed by atoms with E-state index in [1.54, 1.807) is 6.07 Å². The van der Waals surface area contributed by atoms with Crippen LogP contribution >= 0.6 is 0 Å². The van der Waals surface area contributed by atoms with Crippen LogP contribution in [0, 0.1) is 6.85 Å². The molecule has 0 spiro atoms. The predicted molar refractivity (Wildman–Crippen MR) is 163 cm³/mol. The second kappa shape index (κ2) is 8.16. The maximum Gasteiger partial charge on any atom is 0.0280 e. The third-order valence-electron chi connectivity index (χ3n) is 8.22. The zero-order valence-electron chi connectivity index (χ0n) is 23.8. The summed E-state index contributed by atoms with van der Waals surface area (Å²) < 4.78 is 23.7. The summed E-state index contributed by atoms with van der Waals surface area (Å²) in [6, 6.07) is 44.7. The van der Waals surface area contributed by atoms with Gasteiger partial charge < -0.3 is 0 Å². The third-order valence-corrected chi connectivity index (χ3v) is 8.22. The predicted octanol–water partition coefficient (Wildman–Crippen LogP) is 10.4. The Morgan fingerprint density at radius 2 is 0.921 bits per heavy atom. The highest BCUT2D eigenvalue weighted by molar-refractivity contribution is 6.25.